The van der Waals surface area contributed by atoms with Gasteiger partial charge < -0.3 is 4.74 Å². The molecule has 0 fully saturated rings. The van der Waals surface area contributed by atoms with E-state index in [1.807, 2.05) is 36.4 Å². The molecule has 2 N–H and O–H groups in total. The van der Waals surface area contributed by atoms with Gasteiger partial charge in [0.15, 0.2) is 5.69 Å². The van der Waals surface area contributed by atoms with Crippen molar-refractivity contribution in [1.82, 2.24) is 5.48 Å². The molecule has 106 valence electrons. The third-order valence-electron chi connectivity index (χ3n) is 2.91. The van der Waals surface area contributed by atoms with Crippen molar-refractivity contribution in [3.05, 3.63) is 59.9 Å². The van der Waals surface area contributed by atoms with E-state index >= 15 is 0 Å². The fraction of sp³-hybridized carbons (Fsp3) is 0.125. The van der Waals surface area contributed by atoms with Gasteiger partial charge in [-0.25, -0.2) is 10.3 Å². The van der Waals surface area contributed by atoms with Crippen LogP contribution in [0.1, 0.15) is 6.42 Å². The van der Waals surface area contributed by atoms with E-state index in [0.717, 1.165) is 11.1 Å². The van der Waals surface area contributed by atoms with Crippen LogP contribution in [0.15, 0.2) is 48.5 Å². The lowest BCUT2D eigenvalue weighted by Gasteiger charge is -2.07. The molecule has 2 aromatic carbocycles. The van der Waals surface area contributed by atoms with Crippen molar-refractivity contribution >= 4 is 11.6 Å². The summed E-state index contributed by atoms with van der Waals surface area (Å²) >= 11 is 0. The average Bonchev–Trinajstić information content (AvgIpc) is 2.55. The van der Waals surface area contributed by atoms with Crippen molar-refractivity contribution in [2.24, 2.45) is 0 Å². The monoisotopic (exact) mass is 282 g/mol. The van der Waals surface area contributed by atoms with Crippen molar-refractivity contribution in [2.75, 3.05) is 6.61 Å². The highest BCUT2D eigenvalue weighted by Gasteiger charge is 2.01. The summed E-state index contributed by atoms with van der Waals surface area (Å²) in [6.45, 7) is 7.12. The Labute approximate surface area is 122 Å². The molecule has 0 unspecified atom stereocenters. The predicted molar refractivity (Wildman–Crippen MR) is 78.2 cm³/mol. The second-order valence-electron chi connectivity index (χ2n) is 4.32. The van der Waals surface area contributed by atoms with Gasteiger partial charge in [0, 0.05) is 0 Å². The van der Waals surface area contributed by atoms with Gasteiger partial charge >= 0.3 is 0 Å². The molecular formula is C16H14N2O3. The first-order valence-electron chi connectivity index (χ1n) is 6.36. The van der Waals surface area contributed by atoms with E-state index in [0.29, 0.717) is 11.4 Å². The number of carbonyl (C=O) groups excluding carboxylic acids is 1. The van der Waals surface area contributed by atoms with Crippen LogP contribution in [0, 0.1) is 6.57 Å². The maximum absolute atomic E-state index is 10.8. The van der Waals surface area contributed by atoms with E-state index < -0.39 is 5.91 Å². The zero-order chi connectivity index (χ0) is 15.1. The van der Waals surface area contributed by atoms with Crippen molar-refractivity contribution in [2.45, 2.75) is 6.42 Å². The smallest absolute Gasteiger partial charge is 0.246 e. The molecule has 5 nitrogen and oxygen atoms in total. The summed E-state index contributed by atoms with van der Waals surface area (Å²) in [6.07, 6.45) is 0.0936. The fourth-order valence-corrected chi connectivity index (χ4v) is 1.79. The first-order chi connectivity index (χ1) is 10.2. The van der Waals surface area contributed by atoms with Gasteiger partial charge in [0.25, 0.3) is 0 Å². The first kappa shape index (κ1) is 14.6. The number of hydroxylamine groups is 1. The lowest BCUT2D eigenvalue weighted by molar-refractivity contribution is -0.129. The van der Waals surface area contributed by atoms with Gasteiger partial charge in [-0.15, -0.1) is 0 Å². The van der Waals surface area contributed by atoms with Crippen molar-refractivity contribution in [1.29, 1.82) is 0 Å². The van der Waals surface area contributed by atoms with E-state index in [2.05, 4.69) is 4.85 Å². The Morgan fingerprint density at radius 1 is 1.10 bits per heavy atom. The van der Waals surface area contributed by atoms with Crippen LogP contribution in [0.3, 0.4) is 0 Å². The molecule has 0 aliphatic rings. The lowest BCUT2D eigenvalue weighted by Crippen LogP contribution is -2.20. The van der Waals surface area contributed by atoms with Crippen molar-refractivity contribution in [3.8, 4) is 16.9 Å². The maximum Gasteiger partial charge on any atom is 0.246 e. The Morgan fingerprint density at radius 3 is 2.19 bits per heavy atom. The summed E-state index contributed by atoms with van der Waals surface area (Å²) in [5.74, 6) is 0.175. The second kappa shape index (κ2) is 7.08. The number of ether oxygens (including phenoxy) is 1. The van der Waals surface area contributed by atoms with Crippen LogP contribution in [0.2, 0.25) is 0 Å². The molecular weight excluding hydrogens is 268 g/mol. The van der Waals surface area contributed by atoms with Gasteiger partial charge in [-0.1, -0.05) is 36.4 Å². The zero-order valence-electron chi connectivity index (χ0n) is 11.2. The number of amides is 1. The van der Waals surface area contributed by atoms with E-state index in [4.69, 9.17) is 16.5 Å². The number of nitrogens with one attached hydrogen (secondary N) is 1. The summed E-state index contributed by atoms with van der Waals surface area (Å²) in [6, 6.07) is 14.8. The van der Waals surface area contributed by atoms with Gasteiger partial charge in [0.1, 0.15) is 5.75 Å². The van der Waals surface area contributed by atoms with E-state index in [-0.39, 0.29) is 13.0 Å². The summed E-state index contributed by atoms with van der Waals surface area (Å²) in [4.78, 5) is 14.2. The second-order valence-corrected chi connectivity index (χ2v) is 4.32. The standard InChI is InChI=1S/C16H14N2O3/c1-17-14-6-2-12(3-7-14)13-4-8-15(9-5-13)21-11-10-16(19)18-20/h2-9,20H,10-11H2,(H,18,19). The van der Waals surface area contributed by atoms with Crippen molar-refractivity contribution < 1.29 is 14.7 Å². The van der Waals surface area contributed by atoms with Crippen LogP contribution < -0.4 is 10.2 Å². The molecule has 21 heavy (non-hydrogen) atoms. The minimum absolute atomic E-state index is 0.0936. The Kier molecular flexibility index (Phi) is 4.91. The highest BCUT2D eigenvalue weighted by atomic mass is 16.5. The molecule has 0 heterocycles. The quantitative estimate of drug-likeness (QED) is 0.503. The van der Waals surface area contributed by atoms with E-state index in [1.165, 1.54) is 0 Å². The third-order valence-corrected chi connectivity index (χ3v) is 2.91. The highest BCUT2D eigenvalue weighted by Crippen LogP contribution is 2.24. The number of carbonyl (C=O) groups is 1. The Morgan fingerprint density at radius 2 is 1.67 bits per heavy atom. The third kappa shape index (κ3) is 4.06. The molecule has 2 aromatic rings. The summed E-state index contributed by atoms with van der Waals surface area (Å²) in [7, 11) is 0. The Balaban J connectivity index is 1.98. The van der Waals surface area contributed by atoms with Gasteiger partial charge in [0.05, 0.1) is 19.6 Å². The largest absolute Gasteiger partial charge is 0.493 e. The number of benzene rings is 2. The average molecular weight is 282 g/mol. The van der Waals surface area contributed by atoms with Crippen LogP contribution in [0.4, 0.5) is 5.69 Å². The van der Waals surface area contributed by atoms with Crippen LogP contribution in [0.5, 0.6) is 5.75 Å². The van der Waals surface area contributed by atoms with Crippen LogP contribution in [-0.2, 0) is 4.79 Å². The van der Waals surface area contributed by atoms with Gasteiger partial charge in [-0.05, 0) is 23.3 Å². The first-order valence-corrected chi connectivity index (χ1v) is 6.36. The number of hydrogen-bond acceptors (Lipinski definition) is 3. The van der Waals surface area contributed by atoms with Crippen molar-refractivity contribution in [3.63, 3.8) is 0 Å². The summed E-state index contributed by atoms with van der Waals surface area (Å²) in [5, 5.41) is 8.36. The van der Waals surface area contributed by atoms with Crippen LogP contribution >= 0.6 is 0 Å². The molecule has 0 bridgehead atoms. The molecule has 0 aliphatic carbocycles. The Hall–Kier alpha value is -2.84. The van der Waals surface area contributed by atoms with Gasteiger partial charge in [0.2, 0.25) is 5.91 Å². The number of nitrogens with zero attached hydrogens (tertiary/aromatic N) is 1. The highest BCUT2D eigenvalue weighted by molar-refractivity contribution is 5.74. The molecule has 2 rings (SSSR count). The topological polar surface area (TPSA) is 62.9 Å². The summed E-state index contributed by atoms with van der Waals surface area (Å²) < 4.78 is 5.39. The molecule has 0 saturated heterocycles. The maximum atomic E-state index is 10.8. The molecule has 0 aromatic heterocycles. The van der Waals surface area contributed by atoms with E-state index in [1.54, 1.807) is 17.6 Å². The lowest BCUT2D eigenvalue weighted by atomic mass is 10.1. The summed E-state index contributed by atoms with van der Waals surface area (Å²) in [5.41, 5.74) is 4.21. The molecule has 0 saturated carbocycles. The SMILES string of the molecule is [C-]#[N+]c1ccc(-c2ccc(OCCC(=O)NO)cc2)cc1. The molecule has 0 aliphatic heterocycles. The Bertz CT molecular complexity index is 643. The molecule has 0 radical (unpaired) electrons. The molecule has 0 spiro atoms. The zero-order valence-corrected chi connectivity index (χ0v) is 11.2. The van der Waals surface area contributed by atoms with Crippen LogP contribution in [-0.4, -0.2) is 17.7 Å². The predicted octanol–water partition coefficient (Wildman–Crippen LogP) is 3.18. The van der Waals surface area contributed by atoms with Gasteiger partial charge in [-0.2, -0.15) is 0 Å². The fourth-order valence-electron chi connectivity index (χ4n) is 1.79. The minimum atomic E-state index is -0.480. The van der Waals surface area contributed by atoms with Crippen LogP contribution in [0.25, 0.3) is 16.0 Å². The van der Waals surface area contributed by atoms with E-state index in [9.17, 15) is 4.79 Å². The molecule has 5 heteroatoms. The number of hydrogen-bond donors (Lipinski definition) is 2. The minimum Gasteiger partial charge on any atom is -0.493 e. The normalized spacial score (nSPS) is 9.71. The van der Waals surface area contributed by atoms with Gasteiger partial charge in [-0.3, -0.25) is 10.0 Å². The molecule has 1 amide bonds. The molecule has 0 atom stereocenters. The number of rotatable bonds is 5.